The van der Waals surface area contributed by atoms with E-state index in [1.807, 2.05) is 0 Å². The number of carbonyl (C=O) groups is 3. The van der Waals surface area contributed by atoms with Gasteiger partial charge in [0.15, 0.2) is 0 Å². The van der Waals surface area contributed by atoms with E-state index < -0.39 is 57.7 Å². The average Bonchev–Trinajstić information content (AvgIpc) is 2.80. The van der Waals surface area contributed by atoms with E-state index >= 15 is 0 Å². The van der Waals surface area contributed by atoms with Crippen molar-refractivity contribution in [3.05, 3.63) is 64.2 Å². The van der Waals surface area contributed by atoms with E-state index in [9.17, 15) is 36.3 Å². The van der Waals surface area contributed by atoms with Crippen LogP contribution < -0.4 is 9.62 Å². The molecule has 0 atom stereocenters. The van der Waals surface area contributed by atoms with Crippen LogP contribution in [0, 0.1) is 11.6 Å². The number of oxime groups is 1. The molecule has 0 aliphatic rings. The second kappa shape index (κ2) is 12.3. The van der Waals surface area contributed by atoms with Crippen molar-refractivity contribution in [1.82, 2.24) is 9.62 Å². The Morgan fingerprint density at radius 1 is 1.11 bits per heavy atom. The van der Waals surface area contributed by atoms with Gasteiger partial charge in [-0.2, -0.15) is 13.2 Å². The molecule has 0 radical (unpaired) electrons. The summed E-state index contributed by atoms with van der Waals surface area (Å²) in [5, 5.41) is 4.86. The fourth-order valence-corrected chi connectivity index (χ4v) is 3.35. The molecule has 4 amide bonds. The van der Waals surface area contributed by atoms with Crippen molar-refractivity contribution < 1.29 is 41.2 Å². The molecule has 16 heteroatoms. The second-order valence-corrected chi connectivity index (χ2v) is 9.05. The first kappa shape index (κ1) is 29.2. The fourth-order valence-electron chi connectivity index (χ4n) is 2.34. The van der Waals surface area contributed by atoms with Crippen LogP contribution in [0.5, 0.6) is 0 Å². The molecule has 0 spiro atoms. The molecule has 0 aliphatic heterocycles. The molecular weight excluding hydrogens is 555 g/mol. The van der Waals surface area contributed by atoms with Gasteiger partial charge in [-0.15, -0.1) is 11.8 Å². The Hall–Kier alpha value is -3.04. The van der Waals surface area contributed by atoms with Crippen molar-refractivity contribution in [2.24, 2.45) is 5.16 Å². The number of carbonyl (C=O) groups excluding carboxylic acids is 3. The Balaban J connectivity index is 2.42. The van der Waals surface area contributed by atoms with Gasteiger partial charge in [0.1, 0.15) is 22.2 Å². The van der Waals surface area contributed by atoms with Gasteiger partial charge >= 0.3 is 18.3 Å². The quantitative estimate of drug-likeness (QED) is 0.113. The zero-order chi connectivity index (χ0) is 27.2. The molecule has 1 N–H and O–H groups in total. The number of alkyl halides is 3. The number of rotatable bonds is 5. The Labute approximate surface area is 215 Å². The van der Waals surface area contributed by atoms with E-state index in [-0.39, 0.29) is 12.1 Å². The smallest absolute Gasteiger partial charge is 0.296 e. The monoisotopic (exact) mass is 570 g/mol. The third-order valence-corrected chi connectivity index (χ3v) is 6.02. The molecule has 0 saturated heterocycles. The fraction of sp³-hybridized carbons (Fsp3) is 0.200. The van der Waals surface area contributed by atoms with Crippen molar-refractivity contribution in [2.45, 2.75) is 13.1 Å². The van der Waals surface area contributed by atoms with Crippen molar-refractivity contribution in [2.75, 3.05) is 17.6 Å². The highest BCUT2D eigenvalue weighted by Crippen LogP contribution is 2.38. The van der Waals surface area contributed by atoms with E-state index in [1.165, 1.54) is 6.92 Å². The number of hydrogen-bond donors (Lipinski definition) is 1. The molecule has 194 valence electrons. The van der Waals surface area contributed by atoms with E-state index in [2.05, 4.69) is 9.99 Å². The van der Waals surface area contributed by atoms with Crippen LogP contribution in [-0.4, -0.2) is 40.7 Å². The Bertz CT molecular complexity index is 1180. The highest BCUT2D eigenvalue weighted by atomic mass is 35.5. The Kier molecular flexibility index (Phi) is 9.95. The number of benzene rings is 2. The number of nitrogens with zero attached hydrogens (tertiary/aromatic N) is 3. The van der Waals surface area contributed by atoms with Gasteiger partial charge in [0, 0.05) is 7.05 Å². The first-order valence-corrected chi connectivity index (χ1v) is 11.8. The van der Waals surface area contributed by atoms with Gasteiger partial charge < -0.3 is 0 Å². The van der Waals surface area contributed by atoms with Crippen LogP contribution >= 0.6 is 35.5 Å². The molecule has 0 aromatic heterocycles. The third-order valence-electron chi connectivity index (χ3n) is 4.09. The summed E-state index contributed by atoms with van der Waals surface area (Å²) in [6.07, 6.45) is -4.39. The summed E-state index contributed by atoms with van der Waals surface area (Å²) in [5.74, 6) is -4.09. The van der Waals surface area contributed by atoms with Gasteiger partial charge in [0.05, 0.1) is 28.4 Å². The summed E-state index contributed by atoms with van der Waals surface area (Å²) in [5.41, 5.74) is -2.91. The highest BCUT2D eigenvalue weighted by Gasteiger charge is 2.35. The van der Waals surface area contributed by atoms with E-state index in [1.54, 1.807) is 11.6 Å². The number of hydrogen-bond acceptors (Lipinski definition) is 7. The van der Waals surface area contributed by atoms with Crippen LogP contribution in [0.15, 0.2) is 41.6 Å². The number of nitrogens with one attached hydrogen (secondary N) is 1. The molecule has 2 aromatic carbocycles. The zero-order valence-electron chi connectivity index (χ0n) is 18.5. The first-order chi connectivity index (χ1) is 16.8. The summed E-state index contributed by atoms with van der Waals surface area (Å²) in [7, 11) is 1.09. The maximum absolute atomic E-state index is 13.9. The first-order valence-electron chi connectivity index (χ1n) is 9.43. The van der Waals surface area contributed by atoms with Crippen LogP contribution in [0.2, 0.25) is 5.02 Å². The van der Waals surface area contributed by atoms with E-state index in [4.69, 9.17) is 11.6 Å². The normalized spacial score (nSPS) is 11.6. The van der Waals surface area contributed by atoms with Crippen LogP contribution in [0.3, 0.4) is 0 Å². The number of imide groups is 1. The lowest BCUT2D eigenvalue weighted by Crippen LogP contribution is -2.42. The predicted molar refractivity (Wildman–Crippen MR) is 127 cm³/mol. The lowest BCUT2D eigenvalue weighted by molar-refractivity contribution is -0.137. The minimum Gasteiger partial charge on any atom is -0.296 e. The maximum Gasteiger partial charge on any atom is 0.447 e. The maximum atomic E-state index is 13.9. The summed E-state index contributed by atoms with van der Waals surface area (Å²) in [6.45, 7) is 1.53. The summed E-state index contributed by atoms with van der Waals surface area (Å²) in [4.78, 5) is 42.1. The summed E-state index contributed by atoms with van der Waals surface area (Å²) in [6, 6.07) is 3.40. The molecule has 0 unspecified atom stereocenters. The van der Waals surface area contributed by atoms with Crippen molar-refractivity contribution >= 4 is 64.3 Å². The SMILES string of the molecule is CS/C(C)=N/OC(=O)N(C)SN(C(=O)NC(=O)c1c(F)cccc1F)c1ccc(Cl)c(C(F)(F)F)c1. The molecule has 0 bridgehead atoms. The van der Waals surface area contributed by atoms with Crippen LogP contribution in [0.4, 0.5) is 37.2 Å². The third kappa shape index (κ3) is 7.48. The molecule has 0 heterocycles. The number of anilines is 1. The van der Waals surface area contributed by atoms with Gasteiger partial charge in [0.25, 0.3) is 5.91 Å². The zero-order valence-corrected chi connectivity index (χ0v) is 20.9. The van der Waals surface area contributed by atoms with Gasteiger partial charge in [-0.1, -0.05) is 22.8 Å². The lowest BCUT2D eigenvalue weighted by atomic mass is 10.2. The van der Waals surface area contributed by atoms with Crippen LogP contribution in [0.1, 0.15) is 22.8 Å². The molecule has 2 aromatic rings. The molecular formula is C20H16ClF5N4O4S2. The number of halogens is 6. The van der Waals surface area contributed by atoms with E-state index in [0.717, 1.165) is 49.1 Å². The van der Waals surface area contributed by atoms with Gasteiger partial charge in [0.2, 0.25) is 0 Å². The van der Waals surface area contributed by atoms with Crippen molar-refractivity contribution in [3.8, 4) is 0 Å². The van der Waals surface area contributed by atoms with Gasteiger partial charge in [-0.05, 0) is 43.5 Å². The van der Waals surface area contributed by atoms with Crippen molar-refractivity contribution in [1.29, 1.82) is 0 Å². The topological polar surface area (TPSA) is 91.3 Å². The predicted octanol–water partition coefficient (Wildman–Crippen LogP) is 6.32. The van der Waals surface area contributed by atoms with Crippen LogP contribution in [0.25, 0.3) is 0 Å². The minimum atomic E-state index is -4.92. The highest BCUT2D eigenvalue weighted by molar-refractivity contribution is 8.13. The Morgan fingerprint density at radius 2 is 1.72 bits per heavy atom. The molecule has 2 rings (SSSR count). The molecule has 0 fully saturated rings. The number of amides is 4. The summed E-state index contributed by atoms with van der Waals surface area (Å²) < 4.78 is 69.1. The van der Waals surface area contributed by atoms with Gasteiger partial charge in [-0.25, -0.2) is 27.0 Å². The summed E-state index contributed by atoms with van der Waals surface area (Å²) >= 11 is 6.98. The average molecular weight is 571 g/mol. The molecule has 8 nitrogen and oxygen atoms in total. The largest absolute Gasteiger partial charge is 0.447 e. The molecule has 0 saturated carbocycles. The number of thioether (sulfide) groups is 1. The Morgan fingerprint density at radius 3 is 2.28 bits per heavy atom. The molecule has 0 aliphatic carbocycles. The van der Waals surface area contributed by atoms with Crippen molar-refractivity contribution in [3.63, 3.8) is 0 Å². The van der Waals surface area contributed by atoms with E-state index in [0.29, 0.717) is 19.7 Å². The number of urea groups is 1. The minimum absolute atomic E-state index is 0.198. The second-order valence-electron chi connectivity index (χ2n) is 6.56. The lowest BCUT2D eigenvalue weighted by Gasteiger charge is -2.25. The van der Waals surface area contributed by atoms with Crippen LogP contribution in [-0.2, 0) is 11.0 Å². The molecule has 36 heavy (non-hydrogen) atoms. The van der Waals surface area contributed by atoms with Gasteiger partial charge in [-0.3, -0.25) is 14.9 Å². The standard InChI is InChI=1S/C20H16ClF5N4O4S2/c1-10(35-3)28-34-19(33)29(2)36-30(11-7-8-13(21)12(9-11)20(24,25)26)18(32)27-17(31)16-14(22)5-4-6-15(16)23/h4-9H,1-3H3,(H,27,31,32)/b28-10+.